The van der Waals surface area contributed by atoms with E-state index >= 15 is 0 Å². The molecule has 3 N–H and O–H groups in total. The van der Waals surface area contributed by atoms with Gasteiger partial charge in [0.25, 0.3) is 0 Å². The molecule has 0 aliphatic heterocycles. The van der Waals surface area contributed by atoms with Crippen LogP contribution in [0.4, 0.5) is 0 Å². The Morgan fingerprint density at radius 3 is 2.83 bits per heavy atom. The number of aromatic nitrogens is 3. The fraction of sp³-hybridized carbons (Fsp3) is 0.333. The Balaban J connectivity index is 2.52. The summed E-state index contributed by atoms with van der Waals surface area (Å²) in [6, 6.07) is 1.74. The average molecular weight is 247 g/mol. The molecule has 0 saturated carbocycles. The topological polar surface area (TPSA) is 78.0 Å². The van der Waals surface area contributed by atoms with Gasteiger partial charge in [-0.3, -0.25) is 15.5 Å². The first-order chi connectivity index (χ1) is 8.69. The molecule has 0 spiro atoms. The number of pyridine rings is 1. The molecule has 1 unspecified atom stereocenters. The van der Waals surface area contributed by atoms with Crippen molar-refractivity contribution in [1.29, 1.82) is 0 Å². The van der Waals surface area contributed by atoms with Gasteiger partial charge in [0.1, 0.15) is 5.69 Å². The highest BCUT2D eigenvalue weighted by atomic mass is 16.5. The van der Waals surface area contributed by atoms with E-state index in [-0.39, 0.29) is 6.04 Å². The van der Waals surface area contributed by atoms with Crippen LogP contribution < -0.4 is 16.0 Å². The number of nitrogens with two attached hydrogens (primary N) is 1. The number of hydrazine groups is 1. The first-order valence-corrected chi connectivity index (χ1v) is 5.61. The Bertz CT molecular complexity index is 537. The third kappa shape index (κ3) is 2.07. The summed E-state index contributed by atoms with van der Waals surface area (Å²) in [5.74, 6) is 6.38. The average Bonchev–Trinajstić information content (AvgIpc) is 2.74. The monoisotopic (exact) mass is 247 g/mol. The predicted molar refractivity (Wildman–Crippen MR) is 67.9 cm³/mol. The van der Waals surface area contributed by atoms with E-state index in [1.807, 2.05) is 20.0 Å². The normalized spacial score (nSPS) is 12.4. The molecule has 2 aromatic rings. The molecule has 0 bridgehead atoms. The van der Waals surface area contributed by atoms with Gasteiger partial charge < -0.3 is 4.74 Å². The van der Waals surface area contributed by atoms with Crippen LogP contribution in [0.2, 0.25) is 0 Å². The highest BCUT2D eigenvalue weighted by Gasteiger charge is 2.22. The molecular formula is C12H17N5O. The van der Waals surface area contributed by atoms with E-state index in [0.29, 0.717) is 5.75 Å². The Morgan fingerprint density at radius 1 is 1.44 bits per heavy atom. The number of methoxy groups -OCH3 is 1. The minimum absolute atomic E-state index is 0.207. The van der Waals surface area contributed by atoms with Crippen LogP contribution in [0, 0.1) is 6.92 Å². The fourth-order valence-corrected chi connectivity index (χ4v) is 2.01. The molecule has 0 amide bonds. The molecule has 18 heavy (non-hydrogen) atoms. The number of nitrogens with zero attached hydrogens (tertiary/aromatic N) is 3. The molecule has 2 heterocycles. The molecule has 0 radical (unpaired) electrons. The van der Waals surface area contributed by atoms with Crippen molar-refractivity contribution in [3.8, 4) is 5.75 Å². The first-order valence-electron chi connectivity index (χ1n) is 5.61. The van der Waals surface area contributed by atoms with Crippen molar-refractivity contribution in [2.75, 3.05) is 7.11 Å². The van der Waals surface area contributed by atoms with E-state index in [1.54, 1.807) is 30.4 Å². The zero-order valence-electron chi connectivity index (χ0n) is 10.7. The zero-order valence-corrected chi connectivity index (χ0v) is 10.7. The lowest BCUT2D eigenvalue weighted by atomic mass is 10.0. The van der Waals surface area contributed by atoms with Crippen LogP contribution in [0.1, 0.15) is 22.9 Å². The van der Waals surface area contributed by atoms with Gasteiger partial charge in [-0.1, -0.05) is 0 Å². The van der Waals surface area contributed by atoms with Crippen molar-refractivity contribution in [3.05, 3.63) is 41.5 Å². The van der Waals surface area contributed by atoms with Crippen LogP contribution in [-0.2, 0) is 7.05 Å². The second kappa shape index (κ2) is 5.16. The maximum Gasteiger partial charge on any atom is 0.161 e. The summed E-state index contributed by atoms with van der Waals surface area (Å²) in [6.07, 6.45) is 5.23. The standard InChI is InChI=1S/C12H17N5O/c1-8-4-5-14-6-9(8)11(16-13)12-10(18-3)7-15-17(12)2/h4-7,11,16H,13H2,1-3H3. The van der Waals surface area contributed by atoms with Gasteiger partial charge >= 0.3 is 0 Å². The predicted octanol–water partition coefficient (Wildman–Crippen LogP) is 0.685. The van der Waals surface area contributed by atoms with Crippen LogP contribution in [0.15, 0.2) is 24.7 Å². The van der Waals surface area contributed by atoms with E-state index in [2.05, 4.69) is 15.5 Å². The molecule has 0 fully saturated rings. The second-order valence-corrected chi connectivity index (χ2v) is 4.05. The lowest BCUT2D eigenvalue weighted by Gasteiger charge is -2.19. The third-order valence-electron chi connectivity index (χ3n) is 3.00. The van der Waals surface area contributed by atoms with Crippen molar-refractivity contribution in [1.82, 2.24) is 20.2 Å². The van der Waals surface area contributed by atoms with E-state index in [1.165, 1.54) is 0 Å². The number of ether oxygens (including phenoxy) is 1. The van der Waals surface area contributed by atoms with E-state index in [9.17, 15) is 0 Å². The number of hydrogen-bond donors (Lipinski definition) is 2. The molecule has 0 aliphatic rings. The van der Waals surface area contributed by atoms with Gasteiger partial charge in [0.2, 0.25) is 0 Å². The Kier molecular flexibility index (Phi) is 3.59. The molecule has 6 nitrogen and oxygen atoms in total. The van der Waals surface area contributed by atoms with Crippen LogP contribution in [0.3, 0.4) is 0 Å². The van der Waals surface area contributed by atoms with Crippen LogP contribution in [-0.4, -0.2) is 21.9 Å². The summed E-state index contributed by atoms with van der Waals surface area (Å²) in [6.45, 7) is 2.02. The number of hydrogen-bond acceptors (Lipinski definition) is 5. The second-order valence-electron chi connectivity index (χ2n) is 4.05. The molecule has 1 atom stereocenters. The minimum atomic E-state index is -0.207. The van der Waals surface area contributed by atoms with Crippen LogP contribution in [0.5, 0.6) is 5.75 Å². The quantitative estimate of drug-likeness (QED) is 0.614. The van der Waals surface area contributed by atoms with Crippen LogP contribution in [0.25, 0.3) is 0 Å². The SMILES string of the molecule is COc1cnn(C)c1C(NN)c1cnccc1C. The summed E-state index contributed by atoms with van der Waals surface area (Å²) < 4.78 is 7.06. The highest BCUT2D eigenvalue weighted by Crippen LogP contribution is 2.29. The molecular weight excluding hydrogens is 230 g/mol. The minimum Gasteiger partial charge on any atom is -0.493 e. The molecule has 0 aromatic carbocycles. The van der Waals surface area contributed by atoms with E-state index in [0.717, 1.165) is 16.8 Å². The van der Waals surface area contributed by atoms with Crippen molar-refractivity contribution in [2.24, 2.45) is 12.9 Å². The summed E-state index contributed by atoms with van der Waals surface area (Å²) in [5, 5.41) is 4.19. The Labute approximate surface area is 106 Å². The van der Waals surface area contributed by atoms with Crippen molar-refractivity contribution in [3.63, 3.8) is 0 Å². The summed E-state index contributed by atoms with van der Waals surface area (Å²) in [5.41, 5.74) is 5.78. The van der Waals surface area contributed by atoms with E-state index < -0.39 is 0 Å². The lowest BCUT2D eigenvalue weighted by molar-refractivity contribution is 0.401. The molecule has 2 aromatic heterocycles. The van der Waals surface area contributed by atoms with Gasteiger partial charge in [-0.2, -0.15) is 5.10 Å². The number of nitrogens with one attached hydrogen (secondary N) is 1. The van der Waals surface area contributed by atoms with Crippen molar-refractivity contribution >= 4 is 0 Å². The Hall–Kier alpha value is -1.92. The third-order valence-corrected chi connectivity index (χ3v) is 3.00. The van der Waals surface area contributed by atoms with Gasteiger partial charge in [0, 0.05) is 19.4 Å². The van der Waals surface area contributed by atoms with Gasteiger partial charge in [-0.15, -0.1) is 0 Å². The lowest BCUT2D eigenvalue weighted by Crippen LogP contribution is -2.31. The van der Waals surface area contributed by atoms with Crippen molar-refractivity contribution < 1.29 is 4.74 Å². The molecule has 0 saturated heterocycles. The molecule has 6 heteroatoms. The van der Waals surface area contributed by atoms with Gasteiger partial charge in [-0.05, 0) is 24.1 Å². The van der Waals surface area contributed by atoms with Gasteiger partial charge in [-0.25, -0.2) is 5.43 Å². The first kappa shape index (κ1) is 12.5. The highest BCUT2D eigenvalue weighted by molar-refractivity contribution is 5.38. The van der Waals surface area contributed by atoms with Crippen LogP contribution >= 0.6 is 0 Å². The zero-order chi connectivity index (χ0) is 13.1. The molecule has 96 valence electrons. The van der Waals surface area contributed by atoms with Crippen molar-refractivity contribution in [2.45, 2.75) is 13.0 Å². The fourth-order valence-electron chi connectivity index (χ4n) is 2.01. The summed E-state index contributed by atoms with van der Waals surface area (Å²) >= 11 is 0. The smallest absolute Gasteiger partial charge is 0.161 e. The number of aryl methyl sites for hydroxylation is 2. The molecule has 2 rings (SSSR count). The maximum atomic E-state index is 5.68. The largest absolute Gasteiger partial charge is 0.493 e. The van der Waals surface area contributed by atoms with E-state index in [4.69, 9.17) is 10.6 Å². The Morgan fingerprint density at radius 2 is 2.22 bits per heavy atom. The summed E-state index contributed by atoms with van der Waals surface area (Å²) in [4.78, 5) is 4.14. The van der Waals surface area contributed by atoms with Gasteiger partial charge in [0.05, 0.1) is 19.3 Å². The maximum absolute atomic E-state index is 5.68. The molecule has 0 aliphatic carbocycles. The number of rotatable bonds is 4. The van der Waals surface area contributed by atoms with Gasteiger partial charge in [0.15, 0.2) is 5.75 Å². The summed E-state index contributed by atoms with van der Waals surface area (Å²) in [7, 11) is 3.47.